The highest BCUT2D eigenvalue weighted by atomic mass is 32.1. The van der Waals surface area contributed by atoms with E-state index in [1.54, 1.807) is 18.3 Å². The number of carbonyl (C=O) groups is 3. The fourth-order valence-electron chi connectivity index (χ4n) is 1.18. The summed E-state index contributed by atoms with van der Waals surface area (Å²) in [6.45, 7) is 4.83. The van der Waals surface area contributed by atoms with Crippen LogP contribution < -0.4 is 0 Å². The number of rotatable bonds is 4. The van der Waals surface area contributed by atoms with Crippen molar-refractivity contribution in [1.29, 1.82) is 0 Å². The molecule has 21 heavy (non-hydrogen) atoms. The molecule has 1 aromatic rings. The minimum absolute atomic E-state index is 0.323. The van der Waals surface area contributed by atoms with Gasteiger partial charge >= 0.3 is 17.9 Å². The number of esters is 1. The van der Waals surface area contributed by atoms with Crippen LogP contribution in [0, 0.1) is 6.92 Å². The van der Waals surface area contributed by atoms with Gasteiger partial charge in [-0.2, -0.15) is 0 Å². The highest BCUT2D eigenvalue weighted by Gasteiger charge is 2.16. The summed E-state index contributed by atoms with van der Waals surface area (Å²) in [6, 6.07) is 0. The van der Waals surface area contributed by atoms with Crippen LogP contribution in [0.3, 0.4) is 0 Å². The molecule has 0 amide bonds. The Balaban J connectivity index is 0.000000567. The molecule has 0 atom stereocenters. The van der Waals surface area contributed by atoms with E-state index in [2.05, 4.69) is 4.98 Å². The fraction of sp³-hybridized carbons (Fsp3) is 0.500. The molecule has 0 aromatic carbocycles. The number of hydrogen-bond acceptors (Lipinski definition) is 7. The molecular weight excluding hydrogens is 300 g/mol. The molecule has 0 aliphatic carbocycles. The monoisotopic (exact) mass is 318 g/mol. The predicted molar refractivity (Wildman–Crippen MR) is 75.5 cm³/mol. The van der Waals surface area contributed by atoms with Crippen molar-refractivity contribution in [1.82, 2.24) is 9.88 Å². The Morgan fingerprint density at radius 1 is 1.24 bits per heavy atom. The van der Waals surface area contributed by atoms with Gasteiger partial charge in [-0.15, -0.1) is 11.3 Å². The maximum atomic E-state index is 11.5. The molecule has 0 saturated heterocycles. The van der Waals surface area contributed by atoms with E-state index in [1.165, 1.54) is 0 Å². The number of aliphatic carboxylic acids is 2. The van der Waals surface area contributed by atoms with E-state index >= 15 is 0 Å². The van der Waals surface area contributed by atoms with Crippen LogP contribution >= 0.6 is 11.3 Å². The lowest BCUT2D eigenvalue weighted by Gasteiger charge is -2.04. The van der Waals surface area contributed by atoms with E-state index in [4.69, 9.17) is 24.5 Å². The second-order valence-electron chi connectivity index (χ2n) is 4.08. The minimum atomic E-state index is -1.82. The minimum Gasteiger partial charge on any atom is -0.473 e. The highest BCUT2D eigenvalue weighted by Crippen LogP contribution is 2.19. The maximum Gasteiger partial charge on any atom is 0.414 e. The van der Waals surface area contributed by atoms with Gasteiger partial charge in [-0.1, -0.05) is 0 Å². The Morgan fingerprint density at radius 3 is 2.14 bits per heavy atom. The van der Waals surface area contributed by atoms with Crippen LogP contribution in [0.15, 0.2) is 0 Å². The number of carbonyl (C=O) groups excluding carboxylic acids is 1. The third-order valence-corrected chi connectivity index (χ3v) is 2.90. The van der Waals surface area contributed by atoms with Crippen LogP contribution in [0.1, 0.15) is 27.3 Å². The van der Waals surface area contributed by atoms with Crippen LogP contribution in [0.25, 0.3) is 0 Å². The van der Waals surface area contributed by atoms with E-state index in [1.807, 2.05) is 25.9 Å². The zero-order valence-electron chi connectivity index (χ0n) is 12.2. The first-order valence-electron chi connectivity index (χ1n) is 5.93. The number of ether oxygens (including phenoxy) is 1. The molecule has 0 radical (unpaired) electrons. The molecule has 0 spiro atoms. The molecule has 118 valence electrons. The number of aryl methyl sites for hydroxylation is 1. The van der Waals surface area contributed by atoms with Crippen molar-refractivity contribution in [2.75, 3.05) is 20.7 Å². The van der Waals surface area contributed by atoms with Gasteiger partial charge in [0.15, 0.2) is 5.69 Å². The largest absolute Gasteiger partial charge is 0.473 e. The number of nitrogens with zero attached hydrogens (tertiary/aromatic N) is 2. The average Bonchev–Trinajstić information content (AvgIpc) is 2.70. The van der Waals surface area contributed by atoms with Crippen LogP contribution in [0.5, 0.6) is 0 Å². The van der Waals surface area contributed by atoms with Crippen molar-refractivity contribution in [2.45, 2.75) is 20.4 Å². The van der Waals surface area contributed by atoms with Crippen molar-refractivity contribution in [2.24, 2.45) is 0 Å². The molecule has 0 saturated carbocycles. The second kappa shape index (κ2) is 9.03. The zero-order chi connectivity index (χ0) is 16.6. The first-order valence-corrected chi connectivity index (χ1v) is 6.75. The zero-order valence-corrected chi connectivity index (χ0v) is 13.1. The molecule has 1 rings (SSSR count). The molecule has 0 fully saturated rings. The van der Waals surface area contributed by atoms with Gasteiger partial charge in [-0.25, -0.2) is 19.4 Å². The van der Waals surface area contributed by atoms with Gasteiger partial charge in [0.1, 0.15) is 5.01 Å². The number of thiazole rings is 1. The molecule has 0 aliphatic heterocycles. The van der Waals surface area contributed by atoms with E-state index in [-0.39, 0.29) is 5.97 Å². The van der Waals surface area contributed by atoms with Crippen molar-refractivity contribution in [3.8, 4) is 0 Å². The summed E-state index contributed by atoms with van der Waals surface area (Å²) in [4.78, 5) is 36.9. The molecule has 2 N–H and O–H groups in total. The summed E-state index contributed by atoms with van der Waals surface area (Å²) in [6.07, 6.45) is 0. The van der Waals surface area contributed by atoms with E-state index in [9.17, 15) is 4.79 Å². The standard InChI is InChI=1S/C10H16N2O2S.C2H2O4/c1-5-14-10(13)9-7(2)15-8(11-9)6-12(3)4;3-1(4)2(5)6/h5-6H2,1-4H3;(H,3,4)(H,5,6). The predicted octanol–water partition coefficient (Wildman–Crippen LogP) is 0.845. The summed E-state index contributed by atoms with van der Waals surface area (Å²) in [7, 11) is 3.95. The second-order valence-corrected chi connectivity index (χ2v) is 5.37. The molecule has 9 heteroatoms. The van der Waals surface area contributed by atoms with Gasteiger partial charge in [-0.3, -0.25) is 0 Å². The van der Waals surface area contributed by atoms with Gasteiger partial charge in [0, 0.05) is 11.4 Å². The van der Waals surface area contributed by atoms with Crippen molar-refractivity contribution in [3.63, 3.8) is 0 Å². The summed E-state index contributed by atoms with van der Waals surface area (Å²) >= 11 is 1.54. The van der Waals surface area contributed by atoms with Gasteiger partial charge in [0.05, 0.1) is 6.61 Å². The molecule has 1 heterocycles. The van der Waals surface area contributed by atoms with Crippen LogP contribution in [0.4, 0.5) is 0 Å². The number of carboxylic acid groups (broad SMARTS) is 2. The molecule has 0 bridgehead atoms. The van der Waals surface area contributed by atoms with Crippen LogP contribution in [-0.2, 0) is 20.9 Å². The van der Waals surface area contributed by atoms with Crippen molar-refractivity contribution in [3.05, 3.63) is 15.6 Å². The Hall–Kier alpha value is -2.00. The van der Waals surface area contributed by atoms with Gasteiger partial charge in [-0.05, 0) is 27.9 Å². The third-order valence-electron chi connectivity index (χ3n) is 1.94. The first-order chi connectivity index (χ1) is 9.68. The Labute approximate surface area is 126 Å². The maximum absolute atomic E-state index is 11.5. The Kier molecular flexibility index (Phi) is 8.17. The lowest BCUT2D eigenvalue weighted by molar-refractivity contribution is -0.159. The first kappa shape index (κ1) is 19.0. The number of carboxylic acids is 2. The topological polar surface area (TPSA) is 117 Å². The van der Waals surface area contributed by atoms with E-state index in [0.717, 1.165) is 16.4 Å². The molecular formula is C12H18N2O6S. The lowest BCUT2D eigenvalue weighted by Crippen LogP contribution is -2.11. The SMILES string of the molecule is CCOC(=O)c1nc(CN(C)C)sc1C.O=C(O)C(=O)O. The molecule has 0 aliphatic rings. The lowest BCUT2D eigenvalue weighted by atomic mass is 10.4. The van der Waals surface area contributed by atoms with Crippen molar-refractivity contribution < 1.29 is 29.3 Å². The third kappa shape index (κ3) is 7.37. The summed E-state index contributed by atoms with van der Waals surface area (Å²) in [5.74, 6) is -3.97. The summed E-state index contributed by atoms with van der Waals surface area (Å²) < 4.78 is 4.92. The quantitative estimate of drug-likeness (QED) is 0.619. The van der Waals surface area contributed by atoms with Gasteiger partial charge in [0.2, 0.25) is 0 Å². The van der Waals surface area contributed by atoms with E-state index < -0.39 is 11.9 Å². The normalized spacial score (nSPS) is 9.76. The molecule has 1 aromatic heterocycles. The average molecular weight is 318 g/mol. The van der Waals surface area contributed by atoms with Gasteiger partial charge in [0.25, 0.3) is 0 Å². The van der Waals surface area contributed by atoms with Crippen LogP contribution in [0.2, 0.25) is 0 Å². The van der Waals surface area contributed by atoms with Crippen molar-refractivity contribution >= 4 is 29.2 Å². The Bertz CT molecular complexity index is 500. The number of hydrogen-bond donors (Lipinski definition) is 2. The smallest absolute Gasteiger partial charge is 0.414 e. The summed E-state index contributed by atoms with van der Waals surface area (Å²) in [5.41, 5.74) is 0.457. The summed E-state index contributed by atoms with van der Waals surface area (Å²) in [5, 5.41) is 15.7. The molecule has 8 nitrogen and oxygen atoms in total. The van der Waals surface area contributed by atoms with Gasteiger partial charge < -0.3 is 19.8 Å². The fourth-order valence-corrected chi connectivity index (χ4v) is 2.22. The molecule has 0 unspecified atom stereocenters. The number of aromatic nitrogens is 1. The van der Waals surface area contributed by atoms with E-state index in [0.29, 0.717) is 12.3 Å². The van der Waals surface area contributed by atoms with Crippen LogP contribution in [-0.4, -0.2) is 58.7 Å². The highest BCUT2D eigenvalue weighted by molar-refractivity contribution is 7.11. The Morgan fingerprint density at radius 2 is 1.76 bits per heavy atom.